The van der Waals surface area contributed by atoms with Crippen LogP contribution in [0.3, 0.4) is 0 Å². The van der Waals surface area contributed by atoms with Crippen LogP contribution in [0.1, 0.15) is 18.1 Å². The van der Waals surface area contributed by atoms with E-state index >= 15 is 0 Å². The molecule has 2 aromatic carbocycles. The van der Waals surface area contributed by atoms with Crippen molar-refractivity contribution < 1.29 is 9.47 Å². The summed E-state index contributed by atoms with van der Waals surface area (Å²) in [6.07, 6.45) is 0.745. The minimum absolute atomic E-state index is 0.200. The van der Waals surface area contributed by atoms with Gasteiger partial charge < -0.3 is 14.8 Å². The number of rotatable bonds is 6. The molecule has 1 heterocycles. The molecule has 2 unspecified atom stereocenters. The van der Waals surface area contributed by atoms with Gasteiger partial charge in [-0.1, -0.05) is 55.5 Å². The summed E-state index contributed by atoms with van der Waals surface area (Å²) in [5, 5.41) is 3.43. The molecule has 0 aliphatic carbocycles. The van der Waals surface area contributed by atoms with Crippen molar-refractivity contribution in [3.63, 3.8) is 0 Å². The van der Waals surface area contributed by atoms with E-state index in [-0.39, 0.29) is 12.2 Å². The molecule has 0 spiro atoms. The smallest absolute Gasteiger partial charge is 0.204 e. The highest BCUT2D eigenvalue weighted by molar-refractivity contribution is 5.33. The van der Waals surface area contributed by atoms with Gasteiger partial charge >= 0.3 is 0 Å². The first kappa shape index (κ1) is 15.1. The maximum absolute atomic E-state index is 6.10. The van der Waals surface area contributed by atoms with Crippen LogP contribution < -0.4 is 10.1 Å². The fourth-order valence-corrected chi connectivity index (χ4v) is 2.81. The van der Waals surface area contributed by atoms with Crippen LogP contribution in [-0.2, 0) is 17.8 Å². The Morgan fingerprint density at radius 2 is 1.86 bits per heavy atom. The van der Waals surface area contributed by atoms with E-state index in [2.05, 4.69) is 42.6 Å². The van der Waals surface area contributed by atoms with Crippen molar-refractivity contribution in [1.29, 1.82) is 0 Å². The molecular formula is C19H23NO2. The summed E-state index contributed by atoms with van der Waals surface area (Å²) in [6.45, 7) is 4.59. The van der Waals surface area contributed by atoms with Gasteiger partial charge in [0, 0.05) is 18.0 Å². The van der Waals surface area contributed by atoms with Gasteiger partial charge in [0.25, 0.3) is 0 Å². The third-order valence-electron chi connectivity index (χ3n) is 4.00. The van der Waals surface area contributed by atoms with Crippen LogP contribution in [0, 0.1) is 5.92 Å². The maximum Gasteiger partial charge on any atom is 0.204 e. The third-order valence-corrected chi connectivity index (χ3v) is 4.00. The van der Waals surface area contributed by atoms with Gasteiger partial charge in [-0.3, -0.25) is 0 Å². The molecule has 0 aromatic heterocycles. The number of hydrogen-bond acceptors (Lipinski definition) is 3. The van der Waals surface area contributed by atoms with Crippen molar-refractivity contribution in [2.24, 2.45) is 5.92 Å². The Labute approximate surface area is 132 Å². The molecule has 1 aliphatic rings. The molecule has 2 atom stereocenters. The van der Waals surface area contributed by atoms with Crippen molar-refractivity contribution >= 4 is 0 Å². The third kappa shape index (κ3) is 3.67. The second-order valence-electron chi connectivity index (χ2n) is 5.66. The van der Waals surface area contributed by atoms with Crippen LogP contribution >= 0.6 is 0 Å². The number of hydrogen-bond donors (Lipinski definition) is 1. The van der Waals surface area contributed by atoms with E-state index < -0.39 is 0 Å². The van der Waals surface area contributed by atoms with E-state index in [1.807, 2.05) is 24.3 Å². The number of fused-ring (bicyclic) bond motifs is 1. The van der Waals surface area contributed by atoms with Crippen LogP contribution in [0.15, 0.2) is 54.6 Å². The largest absolute Gasteiger partial charge is 0.464 e. The summed E-state index contributed by atoms with van der Waals surface area (Å²) < 4.78 is 12.1. The highest BCUT2D eigenvalue weighted by Crippen LogP contribution is 2.29. The normalized spacial score (nSPS) is 18.3. The van der Waals surface area contributed by atoms with Crippen LogP contribution in [-0.4, -0.2) is 19.4 Å². The molecule has 22 heavy (non-hydrogen) atoms. The SMILES string of the molecule is CCNCC(Cc1ccccc1)C1OCc2ccccc2O1. The molecule has 0 fully saturated rings. The van der Waals surface area contributed by atoms with Gasteiger partial charge in [-0.25, -0.2) is 0 Å². The molecule has 0 amide bonds. The number of para-hydroxylation sites is 1. The molecule has 0 bridgehead atoms. The number of ether oxygens (including phenoxy) is 2. The molecular weight excluding hydrogens is 274 g/mol. The van der Waals surface area contributed by atoms with Crippen LogP contribution in [0.4, 0.5) is 0 Å². The molecule has 116 valence electrons. The quantitative estimate of drug-likeness (QED) is 0.886. The highest BCUT2D eigenvalue weighted by Gasteiger charge is 2.28. The minimum atomic E-state index is -0.200. The van der Waals surface area contributed by atoms with E-state index in [1.54, 1.807) is 0 Å². The standard InChI is InChI=1S/C19H23NO2/c1-2-20-13-17(12-15-8-4-3-5-9-15)19-21-14-16-10-6-7-11-18(16)22-19/h3-11,17,19-20H,2,12-14H2,1H3. The van der Waals surface area contributed by atoms with Gasteiger partial charge in [0.1, 0.15) is 5.75 Å². The maximum atomic E-state index is 6.10. The Hall–Kier alpha value is -1.84. The molecule has 0 saturated heterocycles. The lowest BCUT2D eigenvalue weighted by Gasteiger charge is -2.32. The average molecular weight is 297 g/mol. The highest BCUT2D eigenvalue weighted by atomic mass is 16.7. The Morgan fingerprint density at radius 1 is 1.09 bits per heavy atom. The molecule has 0 radical (unpaired) electrons. The first-order valence-electron chi connectivity index (χ1n) is 7.97. The van der Waals surface area contributed by atoms with E-state index in [0.29, 0.717) is 6.61 Å². The zero-order valence-corrected chi connectivity index (χ0v) is 13.0. The van der Waals surface area contributed by atoms with Gasteiger partial charge in [-0.05, 0) is 24.6 Å². The Morgan fingerprint density at radius 3 is 2.68 bits per heavy atom. The minimum Gasteiger partial charge on any atom is -0.464 e. The Balaban J connectivity index is 1.72. The van der Waals surface area contributed by atoms with Gasteiger partial charge in [0.15, 0.2) is 0 Å². The summed E-state index contributed by atoms with van der Waals surface area (Å²) in [4.78, 5) is 0. The van der Waals surface area contributed by atoms with E-state index in [0.717, 1.165) is 30.8 Å². The van der Waals surface area contributed by atoms with Gasteiger partial charge in [-0.2, -0.15) is 0 Å². The lowest BCUT2D eigenvalue weighted by atomic mass is 9.98. The molecule has 0 saturated carbocycles. The van der Waals surface area contributed by atoms with E-state index in [9.17, 15) is 0 Å². The van der Waals surface area contributed by atoms with Crippen molar-refractivity contribution in [1.82, 2.24) is 5.32 Å². The summed E-state index contributed by atoms with van der Waals surface area (Å²) in [7, 11) is 0. The molecule has 1 aliphatic heterocycles. The molecule has 1 N–H and O–H groups in total. The zero-order valence-electron chi connectivity index (χ0n) is 13.0. The zero-order chi connectivity index (χ0) is 15.2. The lowest BCUT2D eigenvalue weighted by Crippen LogP contribution is -2.40. The first-order chi connectivity index (χ1) is 10.9. The Kier molecular flexibility index (Phi) is 5.09. The topological polar surface area (TPSA) is 30.5 Å². The van der Waals surface area contributed by atoms with Crippen molar-refractivity contribution in [3.8, 4) is 5.75 Å². The van der Waals surface area contributed by atoms with E-state index in [1.165, 1.54) is 5.56 Å². The fourth-order valence-electron chi connectivity index (χ4n) is 2.81. The van der Waals surface area contributed by atoms with Crippen LogP contribution in [0.2, 0.25) is 0 Å². The number of benzene rings is 2. The molecule has 3 nitrogen and oxygen atoms in total. The van der Waals surface area contributed by atoms with Gasteiger partial charge in [0.05, 0.1) is 6.61 Å². The van der Waals surface area contributed by atoms with Crippen molar-refractivity contribution in [2.75, 3.05) is 13.1 Å². The average Bonchev–Trinajstić information content (AvgIpc) is 2.59. The first-order valence-corrected chi connectivity index (χ1v) is 7.97. The summed E-state index contributed by atoms with van der Waals surface area (Å²) in [6, 6.07) is 18.6. The van der Waals surface area contributed by atoms with Gasteiger partial charge in [0.2, 0.25) is 6.29 Å². The molecule has 3 heteroatoms. The van der Waals surface area contributed by atoms with Crippen LogP contribution in [0.25, 0.3) is 0 Å². The summed E-state index contributed by atoms with van der Waals surface area (Å²) >= 11 is 0. The molecule has 3 rings (SSSR count). The second-order valence-corrected chi connectivity index (χ2v) is 5.66. The lowest BCUT2D eigenvalue weighted by molar-refractivity contribution is -0.139. The monoisotopic (exact) mass is 297 g/mol. The Bertz CT molecular complexity index is 585. The fraction of sp³-hybridized carbons (Fsp3) is 0.368. The summed E-state index contributed by atoms with van der Waals surface area (Å²) in [5.41, 5.74) is 2.44. The predicted molar refractivity (Wildman–Crippen MR) is 87.8 cm³/mol. The van der Waals surface area contributed by atoms with Crippen LogP contribution in [0.5, 0.6) is 5.75 Å². The van der Waals surface area contributed by atoms with Gasteiger partial charge in [-0.15, -0.1) is 0 Å². The second kappa shape index (κ2) is 7.43. The molecule has 2 aromatic rings. The summed E-state index contributed by atoms with van der Waals surface area (Å²) in [5.74, 6) is 1.24. The predicted octanol–water partition coefficient (Wildman–Crippen LogP) is 3.39. The van der Waals surface area contributed by atoms with Crippen molar-refractivity contribution in [3.05, 3.63) is 65.7 Å². The number of nitrogens with one attached hydrogen (secondary N) is 1. The van der Waals surface area contributed by atoms with E-state index in [4.69, 9.17) is 9.47 Å². The van der Waals surface area contributed by atoms with Crippen molar-refractivity contribution in [2.45, 2.75) is 26.2 Å².